The zero-order valence-electron chi connectivity index (χ0n) is 9.36. The second-order valence-electron chi connectivity index (χ2n) is 4.85. The van der Waals surface area contributed by atoms with Crippen LogP contribution in [0.2, 0.25) is 0 Å². The highest BCUT2D eigenvalue weighted by molar-refractivity contribution is 5.44. The third kappa shape index (κ3) is 1.44. The van der Waals surface area contributed by atoms with Crippen LogP contribution >= 0.6 is 0 Å². The van der Waals surface area contributed by atoms with Gasteiger partial charge >= 0.3 is 0 Å². The Balaban J connectivity index is 1.96. The summed E-state index contributed by atoms with van der Waals surface area (Å²) in [6.07, 6.45) is 1.62. The van der Waals surface area contributed by atoms with Gasteiger partial charge in [-0.2, -0.15) is 0 Å². The Morgan fingerprint density at radius 1 is 1.40 bits per heavy atom. The number of benzene rings is 1. The van der Waals surface area contributed by atoms with E-state index in [2.05, 4.69) is 37.1 Å². The summed E-state index contributed by atoms with van der Waals surface area (Å²) >= 11 is 0. The SMILES string of the molecule is Cc1ccc2c(c1)C1CCN(C)CC1O2. The fourth-order valence-electron chi connectivity index (χ4n) is 2.77. The minimum atomic E-state index is 0.389. The van der Waals surface area contributed by atoms with Crippen molar-refractivity contribution in [3.8, 4) is 5.75 Å². The van der Waals surface area contributed by atoms with Gasteiger partial charge in [-0.3, -0.25) is 0 Å². The molecule has 2 aliphatic heterocycles. The van der Waals surface area contributed by atoms with Gasteiger partial charge in [-0.25, -0.2) is 0 Å². The number of likely N-dealkylation sites (tertiary alicyclic amines) is 1. The molecule has 80 valence electrons. The van der Waals surface area contributed by atoms with Crippen molar-refractivity contribution in [2.75, 3.05) is 20.1 Å². The molecular formula is C13H17NO. The van der Waals surface area contributed by atoms with Crippen LogP contribution in [0.3, 0.4) is 0 Å². The molecule has 0 aliphatic carbocycles. The number of fused-ring (bicyclic) bond motifs is 3. The van der Waals surface area contributed by atoms with Crippen LogP contribution in [-0.2, 0) is 0 Å². The second kappa shape index (κ2) is 3.24. The van der Waals surface area contributed by atoms with Crippen LogP contribution in [0.5, 0.6) is 5.75 Å². The van der Waals surface area contributed by atoms with Crippen molar-refractivity contribution in [1.29, 1.82) is 0 Å². The fraction of sp³-hybridized carbons (Fsp3) is 0.538. The molecule has 1 aromatic carbocycles. The summed E-state index contributed by atoms with van der Waals surface area (Å²) in [7, 11) is 2.17. The summed E-state index contributed by atoms with van der Waals surface area (Å²) in [5, 5.41) is 0. The molecule has 2 nitrogen and oxygen atoms in total. The summed E-state index contributed by atoms with van der Waals surface area (Å²) < 4.78 is 5.99. The number of hydrogen-bond donors (Lipinski definition) is 0. The third-order valence-electron chi connectivity index (χ3n) is 3.61. The van der Waals surface area contributed by atoms with Gasteiger partial charge in [-0.1, -0.05) is 17.7 Å². The van der Waals surface area contributed by atoms with Crippen LogP contribution < -0.4 is 4.74 Å². The average Bonchev–Trinajstić information content (AvgIpc) is 2.54. The summed E-state index contributed by atoms with van der Waals surface area (Å²) in [5.41, 5.74) is 2.78. The molecular weight excluding hydrogens is 186 g/mol. The van der Waals surface area contributed by atoms with Gasteiger partial charge in [0, 0.05) is 18.0 Å². The molecule has 2 heteroatoms. The van der Waals surface area contributed by atoms with E-state index in [-0.39, 0.29) is 0 Å². The van der Waals surface area contributed by atoms with Crippen LogP contribution in [0.25, 0.3) is 0 Å². The van der Waals surface area contributed by atoms with Crippen LogP contribution in [0.1, 0.15) is 23.5 Å². The molecule has 0 N–H and O–H groups in total. The Morgan fingerprint density at radius 3 is 3.13 bits per heavy atom. The number of ether oxygens (including phenoxy) is 1. The van der Waals surface area contributed by atoms with Gasteiger partial charge in [0.15, 0.2) is 0 Å². The second-order valence-corrected chi connectivity index (χ2v) is 4.85. The molecule has 0 amide bonds. The fourth-order valence-corrected chi connectivity index (χ4v) is 2.77. The predicted octanol–water partition coefficient (Wildman–Crippen LogP) is 2.18. The lowest BCUT2D eigenvalue weighted by Gasteiger charge is -2.31. The van der Waals surface area contributed by atoms with Crippen LogP contribution in [0.4, 0.5) is 0 Å². The number of aryl methyl sites for hydroxylation is 1. The quantitative estimate of drug-likeness (QED) is 0.640. The smallest absolute Gasteiger partial charge is 0.123 e. The Labute approximate surface area is 90.8 Å². The topological polar surface area (TPSA) is 12.5 Å². The average molecular weight is 203 g/mol. The maximum atomic E-state index is 5.99. The normalized spacial score (nSPS) is 29.5. The number of hydrogen-bond acceptors (Lipinski definition) is 2. The Morgan fingerprint density at radius 2 is 2.27 bits per heavy atom. The first-order valence-electron chi connectivity index (χ1n) is 5.70. The molecule has 3 rings (SSSR count). The molecule has 0 aromatic heterocycles. The third-order valence-corrected chi connectivity index (χ3v) is 3.61. The minimum Gasteiger partial charge on any atom is -0.488 e. The number of piperidine rings is 1. The van der Waals surface area contributed by atoms with Gasteiger partial charge in [0.2, 0.25) is 0 Å². The molecule has 2 atom stereocenters. The molecule has 0 spiro atoms. The number of likely N-dealkylation sites (N-methyl/N-ethyl adjacent to an activating group) is 1. The van der Waals surface area contributed by atoms with Gasteiger partial charge < -0.3 is 9.64 Å². The summed E-state index contributed by atoms with van der Waals surface area (Å²) in [5.74, 6) is 1.75. The highest BCUT2D eigenvalue weighted by Crippen LogP contribution is 2.42. The van der Waals surface area contributed by atoms with E-state index in [1.54, 1.807) is 0 Å². The van der Waals surface area contributed by atoms with E-state index < -0.39 is 0 Å². The lowest BCUT2D eigenvalue weighted by atomic mass is 9.88. The zero-order valence-corrected chi connectivity index (χ0v) is 9.36. The first-order valence-corrected chi connectivity index (χ1v) is 5.70. The molecule has 1 fully saturated rings. The Hall–Kier alpha value is -1.02. The van der Waals surface area contributed by atoms with Crippen LogP contribution in [0, 0.1) is 6.92 Å². The molecule has 1 aromatic rings. The van der Waals surface area contributed by atoms with Crippen molar-refractivity contribution >= 4 is 0 Å². The maximum Gasteiger partial charge on any atom is 0.123 e. The van der Waals surface area contributed by atoms with Crippen molar-refractivity contribution in [1.82, 2.24) is 4.90 Å². The van der Waals surface area contributed by atoms with Crippen molar-refractivity contribution in [3.05, 3.63) is 29.3 Å². The summed E-state index contributed by atoms with van der Waals surface area (Å²) in [6.45, 7) is 4.42. The van der Waals surface area contributed by atoms with Crippen LogP contribution in [0.15, 0.2) is 18.2 Å². The van der Waals surface area contributed by atoms with E-state index in [0.29, 0.717) is 12.0 Å². The lowest BCUT2D eigenvalue weighted by molar-refractivity contribution is 0.109. The van der Waals surface area contributed by atoms with Gasteiger partial charge in [0.05, 0.1) is 0 Å². The van der Waals surface area contributed by atoms with E-state index >= 15 is 0 Å². The predicted molar refractivity (Wildman–Crippen MR) is 60.5 cm³/mol. The van der Waals surface area contributed by atoms with Gasteiger partial charge in [0.25, 0.3) is 0 Å². The van der Waals surface area contributed by atoms with Crippen molar-refractivity contribution in [2.24, 2.45) is 0 Å². The molecule has 0 radical (unpaired) electrons. The first-order chi connectivity index (χ1) is 7.24. The van der Waals surface area contributed by atoms with E-state index in [1.165, 1.54) is 24.1 Å². The highest BCUT2D eigenvalue weighted by atomic mass is 16.5. The zero-order chi connectivity index (χ0) is 10.4. The Bertz CT molecular complexity index is 388. The lowest BCUT2D eigenvalue weighted by Crippen LogP contribution is -2.40. The van der Waals surface area contributed by atoms with Gasteiger partial charge in [0.1, 0.15) is 11.9 Å². The van der Waals surface area contributed by atoms with Crippen molar-refractivity contribution in [3.63, 3.8) is 0 Å². The number of nitrogens with zero attached hydrogens (tertiary/aromatic N) is 1. The molecule has 1 saturated heterocycles. The first kappa shape index (κ1) is 9.22. The van der Waals surface area contributed by atoms with Gasteiger partial charge in [-0.15, -0.1) is 0 Å². The van der Waals surface area contributed by atoms with Crippen molar-refractivity contribution < 1.29 is 4.74 Å². The summed E-state index contributed by atoms with van der Waals surface area (Å²) in [4.78, 5) is 2.36. The molecule has 2 unspecified atom stereocenters. The van der Waals surface area contributed by atoms with E-state index in [1.807, 2.05) is 0 Å². The molecule has 15 heavy (non-hydrogen) atoms. The standard InChI is InChI=1S/C13H17NO/c1-9-3-4-12-11(7-9)10-5-6-14(2)8-13(10)15-12/h3-4,7,10,13H,5-6,8H2,1-2H3. The molecule has 2 aliphatic rings. The van der Waals surface area contributed by atoms with E-state index in [9.17, 15) is 0 Å². The molecule has 0 saturated carbocycles. The summed E-state index contributed by atoms with van der Waals surface area (Å²) in [6, 6.07) is 6.56. The maximum absolute atomic E-state index is 5.99. The number of rotatable bonds is 0. The van der Waals surface area contributed by atoms with E-state index in [4.69, 9.17) is 4.74 Å². The minimum absolute atomic E-state index is 0.389. The monoisotopic (exact) mass is 203 g/mol. The highest BCUT2D eigenvalue weighted by Gasteiger charge is 2.37. The van der Waals surface area contributed by atoms with Crippen molar-refractivity contribution in [2.45, 2.75) is 25.4 Å². The molecule has 2 heterocycles. The molecule has 0 bridgehead atoms. The van der Waals surface area contributed by atoms with E-state index in [0.717, 1.165) is 12.3 Å². The van der Waals surface area contributed by atoms with Crippen LogP contribution in [-0.4, -0.2) is 31.1 Å². The Kier molecular flexibility index (Phi) is 1.99. The van der Waals surface area contributed by atoms with Gasteiger partial charge in [-0.05, 0) is 33.0 Å². The largest absolute Gasteiger partial charge is 0.488 e.